The van der Waals surface area contributed by atoms with Gasteiger partial charge in [-0.3, -0.25) is 0 Å². The zero-order valence-corrected chi connectivity index (χ0v) is 7.71. The monoisotopic (exact) mass is 184 g/mol. The maximum Gasteiger partial charge on any atom is 0.156 e. The zero-order valence-electron chi connectivity index (χ0n) is 7.71. The quantitative estimate of drug-likeness (QED) is 0.736. The standard InChI is InChI=1S/C10H13FO2/c1-7-5-8(13)3-4-9(7)10(2,11)6-12/h3-5,12-13H,6H2,1-2H3. The number of benzene rings is 1. The van der Waals surface area contributed by atoms with E-state index in [1.165, 1.54) is 25.1 Å². The molecule has 0 aromatic heterocycles. The molecule has 1 aromatic rings. The van der Waals surface area contributed by atoms with E-state index in [4.69, 9.17) is 10.2 Å². The largest absolute Gasteiger partial charge is 0.508 e. The molecular formula is C10H13FO2. The van der Waals surface area contributed by atoms with Crippen LogP contribution in [0.15, 0.2) is 18.2 Å². The van der Waals surface area contributed by atoms with Gasteiger partial charge in [0.1, 0.15) is 5.75 Å². The minimum atomic E-state index is -1.74. The molecule has 0 amide bonds. The number of aryl methyl sites for hydroxylation is 1. The van der Waals surface area contributed by atoms with Crippen molar-refractivity contribution in [2.24, 2.45) is 0 Å². The summed E-state index contributed by atoms with van der Waals surface area (Å²) in [5.74, 6) is 0.106. The van der Waals surface area contributed by atoms with Gasteiger partial charge in [-0.15, -0.1) is 0 Å². The van der Waals surface area contributed by atoms with Gasteiger partial charge in [0, 0.05) is 0 Å². The molecule has 0 bridgehead atoms. The second-order valence-corrected chi connectivity index (χ2v) is 3.35. The van der Waals surface area contributed by atoms with Gasteiger partial charge in [-0.25, -0.2) is 4.39 Å². The van der Waals surface area contributed by atoms with Crippen LogP contribution in [-0.2, 0) is 5.67 Å². The van der Waals surface area contributed by atoms with E-state index in [2.05, 4.69) is 0 Å². The molecule has 0 aliphatic rings. The molecule has 1 unspecified atom stereocenters. The van der Waals surface area contributed by atoms with Crippen LogP contribution in [0.25, 0.3) is 0 Å². The van der Waals surface area contributed by atoms with Crippen LogP contribution in [0.5, 0.6) is 5.75 Å². The Morgan fingerprint density at radius 3 is 2.54 bits per heavy atom. The summed E-state index contributed by atoms with van der Waals surface area (Å²) in [4.78, 5) is 0. The van der Waals surface area contributed by atoms with Crippen LogP contribution in [0.1, 0.15) is 18.1 Å². The van der Waals surface area contributed by atoms with Crippen molar-refractivity contribution in [1.29, 1.82) is 0 Å². The first-order chi connectivity index (χ1) is 5.97. The number of alkyl halides is 1. The van der Waals surface area contributed by atoms with E-state index in [9.17, 15) is 4.39 Å². The topological polar surface area (TPSA) is 40.5 Å². The molecule has 3 heteroatoms. The molecule has 0 radical (unpaired) electrons. The van der Waals surface area contributed by atoms with Gasteiger partial charge in [0.05, 0.1) is 6.61 Å². The maximum absolute atomic E-state index is 13.6. The predicted molar refractivity (Wildman–Crippen MR) is 48.4 cm³/mol. The SMILES string of the molecule is Cc1cc(O)ccc1C(C)(F)CO. The van der Waals surface area contributed by atoms with E-state index in [0.717, 1.165) is 0 Å². The van der Waals surface area contributed by atoms with E-state index in [0.29, 0.717) is 11.1 Å². The lowest BCUT2D eigenvalue weighted by Gasteiger charge is -2.20. The molecule has 72 valence electrons. The van der Waals surface area contributed by atoms with Crippen molar-refractivity contribution in [3.63, 3.8) is 0 Å². The van der Waals surface area contributed by atoms with Gasteiger partial charge in [-0.1, -0.05) is 6.07 Å². The summed E-state index contributed by atoms with van der Waals surface area (Å²) >= 11 is 0. The summed E-state index contributed by atoms with van der Waals surface area (Å²) in [6.45, 7) is 2.45. The van der Waals surface area contributed by atoms with Crippen LogP contribution < -0.4 is 0 Å². The van der Waals surface area contributed by atoms with Crippen LogP contribution in [0.3, 0.4) is 0 Å². The molecular weight excluding hydrogens is 171 g/mol. The molecule has 0 spiro atoms. The fourth-order valence-corrected chi connectivity index (χ4v) is 1.32. The van der Waals surface area contributed by atoms with Crippen molar-refractivity contribution in [1.82, 2.24) is 0 Å². The molecule has 0 aliphatic carbocycles. The van der Waals surface area contributed by atoms with E-state index >= 15 is 0 Å². The second-order valence-electron chi connectivity index (χ2n) is 3.35. The Kier molecular flexibility index (Phi) is 2.57. The number of aromatic hydroxyl groups is 1. The van der Waals surface area contributed by atoms with E-state index in [-0.39, 0.29) is 5.75 Å². The van der Waals surface area contributed by atoms with E-state index in [1.54, 1.807) is 6.92 Å². The Bertz CT molecular complexity index is 308. The van der Waals surface area contributed by atoms with Gasteiger partial charge in [-0.2, -0.15) is 0 Å². The lowest BCUT2D eigenvalue weighted by molar-refractivity contribution is 0.0861. The lowest BCUT2D eigenvalue weighted by atomic mass is 9.94. The fraction of sp³-hybridized carbons (Fsp3) is 0.400. The second kappa shape index (κ2) is 3.34. The van der Waals surface area contributed by atoms with E-state index < -0.39 is 12.3 Å². The number of hydrogen-bond acceptors (Lipinski definition) is 2. The number of halogens is 1. The number of phenolic OH excluding ortho intramolecular Hbond substituents is 1. The molecule has 2 N–H and O–H groups in total. The molecule has 1 rings (SSSR count). The van der Waals surface area contributed by atoms with E-state index in [1.807, 2.05) is 0 Å². The Labute approximate surface area is 76.6 Å². The summed E-state index contributed by atoms with van der Waals surface area (Å²) < 4.78 is 13.6. The molecule has 0 aliphatic heterocycles. The van der Waals surface area contributed by atoms with Crippen LogP contribution in [0.4, 0.5) is 4.39 Å². The number of hydrogen-bond donors (Lipinski definition) is 2. The van der Waals surface area contributed by atoms with Crippen molar-refractivity contribution < 1.29 is 14.6 Å². The minimum Gasteiger partial charge on any atom is -0.508 e. The van der Waals surface area contributed by atoms with Crippen LogP contribution in [0.2, 0.25) is 0 Å². The van der Waals surface area contributed by atoms with Crippen LogP contribution in [-0.4, -0.2) is 16.8 Å². The first-order valence-electron chi connectivity index (χ1n) is 4.07. The molecule has 1 atom stereocenters. The normalized spacial score (nSPS) is 15.4. The third kappa shape index (κ3) is 1.98. The highest BCUT2D eigenvalue weighted by Crippen LogP contribution is 2.29. The van der Waals surface area contributed by atoms with Crippen molar-refractivity contribution in [2.75, 3.05) is 6.61 Å². The van der Waals surface area contributed by atoms with Crippen molar-refractivity contribution >= 4 is 0 Å². The number of aliphatic hydroxyl groups excluding tert-OH is 1. The van der Waals surface area contributed by atoms with Gasteiger partial charge < -0.3 is 10.2 Å². The summed E-state index contributed by atoms with van der Waals surface area (Å²) in [6, 6.07) is 4.37. The Hall–Kier alpha value is -1.09. The Balaban J connectivity index is 3.16. The third-order valence-corrected chi connectivity index (χ3v) is 2.07. The highest BCUT2D eigenvalue weighted by molar-refractivity contribution is 5.37. The lowest BCUT2D eigenvalue weighted by Crippen LogP contribution is -2.21. The first-order valence-corrected chi connectivity index (χ1v) is 4.07. The average Bonchev–Trinajstić information content (AvgIpc) is 2.03. The van der Waals surface area contributed by atoms with Crippen molar-refractivity contribution in [2.45, 2.75) is 19.5 Å². The number of rotatable bonds is 2. The predicted octanol–water partition coefficient (Wildman–Crippen LogP) is 1.88. The number of phenols is 1. The molecule has 0 fully saturated rings. The Morgan fingerprint density at radius 1 is 1.46 bits per heavy atom. The highest BCUT2D eigenvalue weighted by Gasteiger charge is 2.26. The summed E-state index contributed by atoms with van der Waals surface area (Å²) in [5, 5.41) is 17.9. The fourth-order valence-electron chi connectivity index (χ4n) is 1.32. The van der Waals surface area contributed by atoms with Gasteiger partial charge in [0.15, 0.2) is 5.67 Å². The Morgan fingerprint density at radius 2 is 2.08 bits per heavy atom. The first kappa shape index (κ1) is 9.99. The van der Waals surface area contributed by atoms with Gasteiger partial charge in [0.2, 0.25) is 0 Å². The van der Waals surface area contributed by atoms with Crippen LogP contribution in [0, 0.1) is 6.92 Å². The molecule has 0 heterocycles. The van der Waals surface area contributed by atoms with Crippen molar-refractivity contribution in [3.05, 3.63) is 29.3 Å². The third-order valence-electron chi connectivity index (χ3n) is 2.07. The van der Waals surface area contributed by atoms with Gasteiger partial charge >= 0.3 is 0 Å². The molecule has 1 aromatic carbocycles. The summed E-state index contributed by atoms with van der Waals surface area (Å²) in [6.07, 6.45) is 0. The zero-order chi connectivity index (χ0) is 10.1. The summed E-state index contributed by atoms with van der Waals surface area (Å²) in [5.41, 5.74) is -0.690. The van der Waals surface area contributed by atoms with Crippen LogP contribution >= 0.6 is 0 Å². The number of aliphatic hydroxyl groups is 1. The average molecular weight is 184 g/mol. The minimum absolute atomic E-state index is 0.106. The highest BCUT2D eigenvalue weighted by atomic mass is 19.1. The van der Waals surface area contributed by atoms with Gasteiger partial charge in [-0.05, 0) is 37.1 Å². The van der Waals surface area contributed by atoms with Crippen molar-refractivity contribution in [3.8, 4) is 5.75 Å². The smallest absolute Gasteiger partial charge is 0.156 e. The maximum atomic E-state index is 13.6. The molecule has 2 nitrogen and oxygen atoms in total. The molecule has 13 heavy (non-hydrogen) atoms. The molecule has 0 saturated carbocycles. The van der Waals surface area contributed by atoms with Gasteiger partial charge in [0.25, 0.3) is 0 Å². The molecule has 0 saturated heterocycles. The summed E-state index contributed by atoms with van der Waals surface area (Å²) in [7, 11) is 0.